The summed E-state index contributed by atoms with van der Waals surface area (Å²) in [5.41, 5.74) is 0. The number of ether oxygens (including phenoxy) is 4. The first kappa shape index (κ1) is 100. The van der Waals surface area contributed by atoms with Crippen molar-refractivity contribution in [2.45, 2.75) is 316 Å². The van der Waals surface area contributed by atoms with E-state index in [-0.39, 0.29) is 25.7 Å². The molecule has 0 aromatic rings. The summed E-state index contributed by atoms with van der Waals surface area (Å²) in [7, 11) is -10.0. The Labute approximate surface area is 642 Å². The molecule has 0 spiro atoms. The van der Waals surface area contributed by atoms with Gasteiger partial charge in [-0.2, -0.15) is 0 Å². The highest BCUT2D eigenvalue weighted by molar-refractivity contribution is 7.47. The average Bonchev–Trinajstić information content (AvgIpc) is 0.909. The molecule has 0 aliphatic carbocycles. The van der Waals surface area contributed by atoms with E-state index in [1.165, 1.54) is 38.5 Å². The van der Waals surface area contributed by atoms with Gasteiger partial charge in [0.2, 0.25) is 0 Å². The lowest BCUT2D eigenvalue weighted by Crippen LogP contribution is -2.30. The normalized spacial score (nSPS) is 14.7. The number of hydrogen-bond acceptors (Lipinski definition) is 15. The van der Waals surface area contributed by atoms with Crippen molar-refractivity contribution in [3.63, 3.8) is 0 Å². The number of rotatable bonds is 74. The van der Waals surface area contributed by atoms with Crippen LogP contribution < -0.4 is 0 Å². The summed E-state index contributed by atoms with van der Waals surface area (Å²) in [6.45, 7) is 4.38. The Morgan fingerprint density at radius 2 is 0.509 bits per heavy atom. The Hall–Kier alpha value is -5.58. The smallest absolute Gasteiger partial charge is 0.462 e. The number of hydrogen-bond donors (Lipinski definition) is 3. The van der Waals surface area contributed by atoms with Crippen LogP contribution in [0.5, 0.6) is 0 Å². The van der Waals surface area contributed by atoms with Crippen LogP contribution in [0.25, 0.3) is 0 Å². The zero-order valence-corrected chi connectivity index (χ0v) is 67.6. The van der Waals surface area contributed by atoms with Gasteiger partial charge in [-0.25, -0.2) is 9.13 Å². The van der Waals surface area contributed by atoms with Gasteiger partial charge in [0, 0.05) is 25.7 Å². The maximum Gasteiger partial charge on any atom is 0.472 e. The van der Waals surface area contributed by atoms with Crippen molar-refractivity contribution in [2.75, 3.05) is 39.6 Å². The van der Waals surface area contributed by atoms with E-state index in [1.807, 2.05) is 18.2 Å². The van der Waals surface area contributed by atoms with Gasteiger partial charge in [-0.3, -0.25) is 37.3 Å². The van der Waals surface area contributed by atoms with Crippen molar-refractivity contribution in [1.82, 2.24) is 0 Å². The lowest BCUT2D eigenvalue weighted by atomic mass is 10.1. The molecular formula is C87H142O17P2. The number of phosphoric ester groups is 2. The highest BCUT2D eigenvalue weighted by Crippen LogP contribution is 2.45. The van der Waals surface area contributed by atoms with E-state index in [4.69, 9.17) is 37.0 Å². The second-order valence-electron chi connectivity index (χ2n) is 26.2. The number of allylic oxidation sites excluding steroid dienone is 28. The molecule has 3 N–H and O–H groups in total. The van der Waals surface area contributed by atoms with E-state index < -0.39 is 97.5 Å². The van der Waals surface area contributed by atoms with Crippen LogP contribution in [0.1, 0.15) is 297 Å². The molecule has 602 valence electrons. The van der Waals surface area contributed by atoms with Gasteiger partial charge < -0.3 is 33.8 Å². The van der Waals surface area contributed by atoms with Crippen LogP contribution >= 0.6 is 15.6 Å². The molecule has 19 heteroatoms. The topological polar surface area (TPSA) is 237 Å². The fraction of sp³-hybridized carbons (Fsp3) is 0.632. The summed E-state index contributed by atoms with van der Waals surface area (Å²) >= 11 is 0. The first-order valence-corrected chi connectivity index (χ1v) is 43.4. The fourth-order valence-electron chi connectivity index (χ4n) is 10.1. The zero-order chi connectivity index (χ0) is 77.4. The minimum absolute atomic E-state index is 0.0260. The number of aliphatic hydroxyl groups excluding tert-OH is 1. The van der Waals surface area contributed by atoms with E-state index in [0.29, 0.717) is 32.1 Å². The Bertz CT molecular complexity index is 2680. The average molecular weight is 1520 g/mol. The van der Waals surface area contributed by atoms with E-state index >= 15 is 0 Å². The minimum atomic E-state index is -5.01. The predicted octanol–water partition coefficient (Wildman–Crippen LogP) is 23.8. The first-order valence-electron chi connectivity index (χ1n) is 40.4. The third kappa shape index (κ3) is 76.6. The maximum absolute atomic E-state index is 13.1. The van der Waals surface area contributed by atoms with Crippen molar-refractivity contribution in [1.29, 1.82) is 0 Å². The maximum atomic E-state index is 13.1. The molecule has 0 aromatic carbocycles. The highest BCUT2D eigenvalue weighted by Gasteiger charge is 2.30. The Kier molecular flexibility index (Phi) is 73.5. The fourth-order valence-corrected chi connectivity index (χ4v) is 11.7. The largest absolute Gasteiger partial charge is 0.472 e. The van der Waals surface area contributed by atoms with E-state index in [0.717, 1.165) is 173 Å². The molecule has 0 saturated carbocycles. The molecule has 0 rings (SSSR count). The van der Waals surface area contributed by atoms with Crippen molar-refractivity contribution >= 4 is 39.5 Å². The summed E-state index contributed by atoms with van der Waals surface area (Å²) in [6.07, 6.45) is 92.0. The summed E-state index contributed by atoms with van der Waals surface area (Å²) in [6, 6.07) is 0. The number of carbonyl (C=O) groups is 4. The molecule has 0 heterocycles. The molecule has 0 amide bonds. The third-order valence-corrected chi connectivity index (χ3v) is 18.1. The molecular weight excluding hydrogens is 1380 g/mol. The number of carbonyl (C=O) groups excluding carboxylic acids is 4. The van der Waals surface area contributed by atoms with Gasteiger partial charge >= 0.3 is 39.5 Å². The third-order valence-electron chi connectivity index (χ3n) is 16.2. The molecule has 106 heavy (non-hydrogen) atoms. The van der Waals surface area contributed by atoms with Gasteiger partial charge in [-0.1, -0.05) is 281 Å². The Morgan fingerprint density at radius 3 is 0.821 bits per heavy atom. The van der Waals surface area contributed by atoms with Crippen molar-refractivity contribution in [2.24, 2.45) is 0 Å². The van der Waals surface area contributed by atoms with E-state index in [2.05, 4.69) is 180 Å². The molecule has 0 aromatic heterocycles. The molecule has 17 nitrogen and oxygen atoms in total. The number of unbranched alkanes of at least 4 members (excludes halogenated alkanes) is 20. The molecule has 5 unspecified atom stereocenters. The van der Waals surface area contributed by atoms with Crippen molar-refractivity contribution < 1.29 is 80.2 Å². The highest BCUT2D eigenvalue weighted by atomic mass is 31.2. The molecule has 0 fully saturated rings. The standard InChI is InChI=1S/C87H142O17P2/c1-5-9-13-17-21-25-29-33-37-39-40-42-46-48-52-56-60-64-68-72-85(90)98-78-83(104-87(92)74-70-66-62-58-54-50-44-36-32-28-24-20-16-12-8-4)80-102-106(95,96)100-76-81(88)75-99-105(93,94)101-79-82(103-86(91)73-69-65-61-57-53-49-43-35-31-27-23-19-15-11-7-3)77-97-84(89)71-67-63-59-55-51-47-45-41-38-34-30-26-22-18-14-10-6-2/h9-10,12-14,16,21-22,24-26,28,33-38,40,42-45,47-48,52,60,64,81-83,88H,5-8,11,15,17-20,23,27,29-32,39,41,46,49-51,53-59,61-63,65-80H2,1-4H3,(H,93,94)(H,95,96)/b13-9-,14-10-,16-12-,25-21-,26-22-,28-24-,37-33-,38-34-,42-40-,43-35-,44-36-,47-45-,52-48-,64-60-. The SMILES string of the molecule is CC/C=C\C/C=C\C/C=C\C/C=C\C/C=C\C/C=C\CCC(=O)OCC(COP(=O)(O)OCC(O)COP(=O)(O)OCC(COC(=O)CCCCCC/C=C\C/C=C\C/C=C\C/C=C\CC)OC(=O)CCCCCCC/C=C\CCCCCCCC)OC(=O)CCCCCCC/C=C\C/C=C\C/C=C\CC. The van der Waals surface area contributed by atoms with Crippen LogP contribution in [0.3, 0.4) is 0 Å². The second-order valence-corrected chi connectivity index (χ2v) is 29.1. The Balaban J connectivity index is 5.48. The monoisotopic (exact) mass is 1520 g/mol. The lowest BCUT2D eigenvalue weighted by Gasteiger charge is -2.21. The van der Waals surface area contributed by atoms with Crippen LogP contribution in [-0.2, 0) is 65.4 Å². The summed E-state index contributed by atoms with van der Waals surface area (Å²) in [5, 5.41) is 10.6. The first-order chi connectivity index (χ1) is 51.7. The molecule has 0 radical (unpaired) electrons. The van der Waals surface area contributed by atoms with Crippen molar-refractivity contribution in [3.8, 4) is 0 Å². The van der Waals surface area contributed by atoms with Gasteiger partial charge in [-0.05, 0) is 161 Å². The zero-order valence-electron chi connectivity index (χ0n) is 65.8. The van der Waals surface area contributed by atoms with Gasteiger partial charge in [-0.15, -0.1) is 0 Å². The summed E-state index contributed by atoms with van der Waals surface area (Å²) < 4.78 is 68.5. The summed E-state index contributed by atoms with van der Waals surface area (Å²) in [5.74, 6) is -2.34. The van der Waals surface area contributed by atoms with Crippen LogP contribution in [0, 0.1) is 0 Å². The molecule has 0 bridgehead atoms. The summed E-state index contributed by atoms with van der Waals surface area (Å²) in [4.78, 5) is 73.1. The second kappa shape index (κ2) is 77.6. The molecule has 0 saturated heterocycles. The number of aliphatic hydroxyl groups is 1. The number of esters is 4. The lowest BCUT2D eigenvalue weighted by molar-refractivity contribution is -0.161. The van der Waals surface area contributed by atoms with Gasteiger partial charge in [0.25, 0.3) is 0 Å². The van der Waals surface area contributed by atoms with Gasteiger partial charge in [0.1, 0.15) is 19.3 Å². The predicted molar refractivity (Wildman–Crippen MR) is 436 cm³/mol. The molecule has 5 atom stereocenters. The Morgan fingerprint density at radius 1 is 0.274 bits per heavy atom. The van der Waals surface area contributed by atoms with Crippen LogP contribution in [-0.4, -0.2) is 96.7 Å². The molecule has 0 aliphatic rings. The molecule has 0 aliphatic heterocycles. The minimum Gasteiger partial charge on any atom is -0.462 e. The van der Waals surface area contributed by atoms with E-state index in [9.17, 15) is 43.2 Å². The van der Waals surface area contributed by atoms with Gasteiger partial charge in [0.15, 0.2) is 12.2 Å². The van der Waals surface area contributed by atoms with Crippen molar-refractivity contribution in [3.05, 3.63) is 170 Å². The van der Waals surface area contributed by atoms with Gasteiger partial charge in [0.05, 0.1) is 26.4 Å². The quantitative estimate of drug-likeness (QED) is 0.0169. The van der Waals surface area contributed by atoms with Crippen LogP contribution in [0.2, 0.25) is 0 Å². The van der Waals surface area contributed by atoms with E-state index in [1.54, 1.807) is 0 Å². The van der Waals surface area contributed by atoms with Crippen LogP contribution in [0.4, 0.5) is 0 Å². The number of phosphoric acid groups is 2. The van der Waals surface area contributed by atoms with Crippen LogP contribution in [0.15, 0.2) is 170 Å².